The number of carboxylic acids is 1. The average molecular weight is 380 g/mol. The topological polar surface area (TPSA) is 60.9 Å². The number of para-hydroxylation sites is 2. The maximum absolute atomic E-state index is 13.0. The summed E-state index contributed by atoms with van der Waals surface area (Å²) < 4.78 is 0. The molecule has 1 atom stereocenters. The highest BCUT2D eigenvalue weighted by Crippen LogP contribution is 2.29. The van der Waals surface area contributed by atoms with E-state index in [0.717, 1.165) is 38.0 Å². The molecule has 1 fully saturated rings. The second kappa shape index (κ2) is 8.91. The molecule has 148 valence electrons. The fourth-order valence-electron chi connectivity index (χ4n) is 3.90. The molecule has 5 heteroatoms. The van der Waals surface area contributed by atoms with E-state index in [1.54, 1.807) is 4.90 Å². The highest BCUT2D eigenvalue weighted by molar-refractivity contribution is 6.05. The molecule has 0 bridgehead atoms. The molecule has 28 heavy (non-hydrogen) atoms. The van der Waals surface area contributed by atoms with Crippen LogP contribution in [0.25, 0.3) is 0 Å². The Morgan fingerprint density at radius 2 is 1.68 bits per heavy atom. The number of hydrogen-bond donors (Lipinski definition) is 1. The number of carbonyl (C=O) groups is 2. The van der Waals surface area contributed by atoms with Gasteiger partial charge in [0.2, 0.25) is 5.91 Å². The SMILES string of the molecule is CCc1ccccc1N1CCC(N(C(=O)C(C)C(=O)O)c2ccccc2)CC1. The third kappa shape index (κ3) is 4.19. The number of piperidine rings is 1. The Bertz CT molecular complexity index is 814. The summed E-state index contributed by atoms with van der Waals surface area (Å²) in [6, 6.07) is 17.9. The van der Waals surface area contributed by atoms with Gasteiger partial charge < -0.3 is 14.9 Å². The summed E-state index contributed by atoms with van der Waals surface area (Å²) in [7, 11) is 0. The Morgan fingerprint density at radius 3 is 2.29 bits per heavy atom. The van der Waals surface area contributed by atoms with Crippen LogP contribution in [0.15, 0.2) is 54.6 Å². The molecule has 2 aromatic rings. The van der Waals surface area contributed by atoms with Crippen molar-refractivity contribution in [1.29, 1.82) is 0 Å². The first kappa shape index (κ1) is 19.9. The van der Waals surface area contributed by atoms with Crippen molar-refractivity contribution >= 4 is 23.3 Å². The van der Waals surface area contributed by atoms with E-state index in [1.807, 2.05) is 30.3 Å². The van der Waals surface area contributed by atoms with Gasteiger partial charge in [-0.3, -0.25) is 9.59 Å². The molecule has 1 saturated heterocycles. The molecular formula is C23H28N2O3. The molecule has 1 aliphatic rings. The van der Waals surface area contributed by atoms with E-state index in [1.165, 1.54) is 18.2 Å². The zero-order chi connectivity index (χ0) is 20.1. The first-order valence-corrected chi connectivity index (χ1v) is 9.96. The molecule has 3 rings (SSSR count). The van der Waals surface area contributed by atoms with Gasteiger partial charge in [-0.25, -0.2) is 0 Å². The molecule has 1 N–H and O–H groups in total. The fourth-order valence-corrected chi connectivity index (χ4v) is 3.90. The molecule has 0 radical (unpaired) electrons. The summed E-state index contributed by atoms with van der Waals surface area (Å²) >= 11 is 0. The number of hydrogen-bond acceptors (Lipinski definition) is 3. The van der Waals surface area contributed by atoms with Crippen molar-refractivity contribution in [2.24, 2.45) is 5.92 Å². The molecular weight excluding hydrogens is 352 g/mol. The third-order valence-electron chi connectivity index (χ3n) is 5.56. The highest BCUT2D eigenvalue weighted by atomic mass is 16.4. The van der Waals surface area contributed by atoms with Crippen molar-refractivity contribution in [3.05, 3.63) is 60.2 Å². The number of amides is 1. The highest BCUT2D eigenvalue weighted by Gasteiger charge is 2.34. The van der Waals surface area contributed by atoms with Gasteiger partial charge in [-0.05, 0) is 49.9 Å². The molecule has 1 amide bonds. The van der Waals surface area contributed by atoms with Crippen LogP contribution in [0.4, 0.5) is 11.4 Å². The second-order valence-corrected chi connectivity index (χ2v) is 7.30. The van der Waals surface area contributed by atoms with Crippen molar-refractivity contribution in [3.8, 4) is 0 Å². The predicted octanol–water partition coefficient (Wildman–Crippen LogP) is 3.97. The van der Waals surface area contributed by atoms with Gasteiger partial charge in [0.15, 0.2) is 0 Å². The van der Waals surface area contributed by atoms with E-state index >= 15 is 0 Å². The van der Waals surface area contributed by atoms with Gasteiger partial charge in [0.1, 0.15) is 5.92 Å². The Hall–Kier alpha value is -2.82. The molecule has 1 aliphatic heterocycles. The van der Waals surface area contributed by atoms with Crippen LogP contribution in [0.3, 0.4) is 0 Å². The fraction of sp³-hybridized carbons (Fsp3) is 0.391. The van der Waals surface area contributed by atoms with E-state index in [4.69, 9.17) is 0 Å². The van der Waals surface area contributed by atoms with Crippen molar-refractivity contribution in [2.75, 3.05) is 22.9 Å². The van der Waals surface area contributed by atoms with Crippen molar-refractivity contribution < 1.29 is 14.7 Å². The summed E-state index contributed by atoms with van der Waals surface area (Å²) in [5.74, 6) is -2.48. The molecule has 0 aromatic heterocycles. The number of rotatable bonds is 6. The first-order valence-electron chi connectivity index (χ1n) is 9.96. The molecule has 1 unspecified atom stereocenters. The zero-order valence-electron chi connectivity index (χ0n) is 16.5. The van der Waals surface area contributed by atoms with Crippen molar-refractivity contribution in [1.82, 2.24) is 0 Å². The van der Waals surface area contributed by atoms with Gasteiger partial charge in [-0.15, -0.1) is 0 Å². The van der Waals surface area contributed by atoms with E-state index in [2.05, 4.69) is 36.1 Å². The minimum absolute atomic E-state index is 0.00161. The number of carboxylic acid groups (broad SMARTS) is 1. The Labute approximate surface area is 166 Å². The van der Waals surface area contributed by atoms with Crippen LogP contribution in [-0.4, -0.2) is 36.1 Å². The number of carbonyl (C=O) groups excluding carboxylic acids is 1. The molecule has 0 spiro atoms. The summed E-state index contributed by atoms with van der Waals surface area (Å²) in [4.78, 5) is 28.5. The normalized spacial score (nSPS) is 15.9. The van der Waals surface area contributed by atoms with Gasteiger partial charge in [0, 0.05) is 30.5 Å². The first-order chi connectivity index (χ1) is 13.5. The minimum Gasteiger partial charge on any atom is -0.481 e. The second-order valence-electron chi connectivity index (χ2n) is 7.30. The Morgan fingerprint density at radius 1 is 1.07 bits per heavy atom. The standard InChI is InChI=1S/C23H28N2O3/c1-3-18-9-7-8-12-21(18)24-15-13-20(14-16-24)25(19-10-5-4-6-11-19)22(26)17(2)23(27)28/h4-12,17,20H,3,13-16H2,1-2H3,(H,27,28). The summed E-state index contributed by atoms with van der Waals surface area (Å²) in [6.07, 6.45) is 2.61. The van der Waals surface area contributed by atoms with Gasteiger partial charge >= 0.3 is 5.97 Å². The number of nitrogens with zero attached hydrogens (tertiary/aromatic N) is 2. The van der Waals surface area contributed by atoms with E-state index in [0.29, 0.717) is 0 Å². The lowest BCUT2D eigenvalue weighted by atomic mass is 9.98. The Kier molecular flexibility index (Phi) is 6.34. The lowest BCUT2D eigenvalue weighted by molar-refractivity contribution is -0.145. The van der Waals surface area contributed by atoms with Gasteiger partial charge in [0.25, 0.3) is 0 Å². The third-order valence-corrected chi connectivity index (χ3v) is 5.56. The van der Waals surface area contributed by atoms with E-state index < -0.39 is 11.9 Å². The minimum atomic E-state index is -1.08. The van der Waals surface area contributed by atoms with Crippen LogP contribution in [0, 0.1) is 5.92 Å². The molecule has 5 nitrogen and oxygen atoms in total. The Balaban J connectivity index is 1.80. The van der Waals surface area contributed by atoms with Crippen LogP contribution in [0.2, 0.25) is 0 Å². The van der Waals surface area contributed by atoms with Crippen LogP contribution in [0.1, 0.15) is 32.3 Å². The van der Waals surface area contributed by atoms with E-state index in [9.17, 15) is 14.7 Å². The monoisotopic (exact) mass is 380 g/mol. The van der Waals surface area contributed by atoms with Gasteiger partial charge in [-0.1, -0.05) is 43.3 Å². The number of anilines is 2. The van der Waals surface area contributed by atoms with Crippen LogP contribution in [-0.2, 0) is 16.0 Å². The van der Waals surface area contributed by atoms with Gasteiger partial charge in [0.05, 0.1) is 0 Å². The number of aryl methyl sites for hydroxylation is 1. The van der Waals surface area contributed by atoms with Crippen molar-refractivity contribution in [3.63, 3.8) is 0 Å². The zero-order valence-corrected chi connectivity index (χ0v) is 16.5. The smallest absolute Gasteiger partial charge is 0.315 e. The molecule has 0 aliphatic carbocycles. The largest absolute Gasteiger partial charge is 0.481 e. The molecule has 0 saturated carbocycles. The lowest BCUT2D eigenvalue weighted by Crippen LogP contribution is -2.50. The lowest BCUT2D eigenvalue weighted by Gasteiger charge is -2.40. The van der Waals surface area contributed by atoms with Crippen LogP contribution in [0.5, 0.6) is 0 Å². The maximum atomic E-state index is 13.0. The number of aliphatic carboxylic acids is 1. The average Bonchev–Trinajstić information content (AvgIpc) is 2.74. The maximum Gasteiger partial charge on any atom is 0.315 e. The summed E-state index contributed by atoms with van der Waals surface area (Å²) in [5.41, 5.74) is 3.37. The van der Waals surface area contributed by atoms with Crippen molar-refractivity contribution in [2.45, 2.75) is 39.2 Å². The van der Waals surface area contributed by atoms with E-state index in [-0.39, 0.29) is 11.9 Å². The molecule has 1 heterocycles. The van der Waals surface area contributed by atoms with Gasteiger partial charge in [-0.2, -0.15) is 0 Å². The quantitative estimate of drug-likeness (QED) is 0.771. The van der Waals surface area contributed by atoms with Crippen LogP contribution < -0.4 is 9.80 Å². The number of benzene rings is 2. The molecule has 2 aromatic carbocycles. The summed E-state index contributed by atoms with van der Waals surface area (Å²) in [6.45, 7) is 5.32. The van der Waals surface area contributed by atoms with Crippen LogP contribution >= 0.6 is 0 Å². The summed E-state index contributed by atoms with van der Waals surface area (Å²) in [5, 5.41) is 9.34. The predicted molar refractivity (Wildman–Crippen MR) is 112 cm³/mol.